The molecule has 0 saturated carbocycles. The number of primary amides is 1. The zero-order valence-corrected chi connectivity index (χ0v) is 26.7. The Morgan fingerprint density at radius 2 is 1.61 bits per heavy atom. The normalized spacial score (nSPS) is 12.0. The van der Waals surface area contributed by atoms with Gasteiger partial charge in [-0.15, -0.1) is 0 Å². The minimum Gasteiger partial charge on any atom is -0.484 e. The maximum absolute atomic E-state index is 11.9. The molecule has 0 unspecified atom stereocenters. The SMILES string of the molecule is CC.CN1CCCC1.CNCC=O.NC(=O)CCOCCOCCOCCNC(=O)COc1ccc2c(C=O)ccnc2c1. The van der Waals surface area contributed by atoms with E-state index in [1.807, 2.05) is 13.8 Å². The van der Waals surface area contributed by atoms with Crippen molar-refractivity contribution in [3.8, 4) is 5.75 Å². The largest absolute Gasteiger partial charge is 0.484 e. The summed E-state index contributed by atoms with van der Waals surface area (Å²) in [5.74, 6) is -0.180. The number of likely N-dealkylation sites (N-methyl/N-ethyl adjacent to an activating group) is 1. The molecule has 0 atom stereocenters. The van der Waals surface area contributed by atoms with Crippen LogP contribution in [0.4, 0.5) is 0 Å². The zero-order chi connectivity index (χ0) is 32.8. The first-order chi connectivity index (χ1) is 21.4. The van der Waals surface area contributed by atoms with Crippen molar-refractivity contribution in [2.75, 3.05) is 86.5 Å². The van der Waals surface area contributed by atoms with E-state index < -0.39 is 5.91 Å². The molecule has 13 nitrogen and oxygen atoms in total. The lowest BCUT2D eigenvalue weighted by Crippen LogP contribution is -2.31. The fourth-order valence-corrected chi connectivity index (χ4v) is 3.48. The number of benzene rings is 1. The van der Waals surface area contributed by atoms with Crippen LogP contribution in [0.15, 0.2) is 30.5 Å². The number of nitrogens with two attached hydrogens (primary N) is 1. The number of aromatic nitrogens is 1. The van der Waals surface area contributed by atoms with E-state index in [-0.39, 0.29) is 25.5 Å². The van der Waals surface area contributed by atoms with Gasteiger partial charge in [-0.2, -0.15) is 0 Å². The van der Waals surface area contributed by atoms with E-state index in [0.717, 1.165) is 18.0 Å². The van der Waals surface area contributed by atoms with Crippen LogP contribution >= 0.6 is 0 Å². The van der Waals surface area contributed by atoms with Gasteiger partial charge in [-0.1, -0.05) is 13.8 Å². The van der Waals surface area contributed by atoms with Gasteiger partial charge in [-0.05, 0) is 58.2 Å². The first kappa shape index (κ1) is 40.5. The molecule has 1 saturated heterocycles. The van der Waals surface area contributed by atoms with Gasteiger partial charge in [-0.3, -0.25) is 19.4 Å². The highest BCUT2D eigenvalue weighted by atomic mass is 16.5. The second-order valence-corrected chi connectivity index (χ2v) is 9.12. The third-order valence-electron chi connectivity index (χ3n) is 5.67. The molecule has 1 aliphatic rings. The van der Waals surface area contributed by atoms with Crippen LogP contribution < -0.4 is 21.1 Å². The molecule has 2 heterocycles. The van der Waals surface area contributed by atoms with Gasteiger partial charge in [0.1, 0.15) is 12.0 Å². The van der Waals surface area contributed by atoms with E-state index in [0.29, 0.717) is 63.0 Å². The summed E-state index contributed by atoms with van der Waals surface area (Å²) in [5.41, 5.74) is 6.16. The minimum atomic E-state index is -0.395. The van der Waals surface area contributed by atoms with Crippen molar-refractivity contribution in [1.29, 1.82) is 0 Å². The predicted molar refractivity (Wildman–Crippen MR) is 170 cm³/mol. The second-order valence-electron chi connectivity index (χ2n) is 9.12. The maximum Gasteiger partial charge on any atom is 0.258 e. The number of nitrogens with one attached hydrogen (secondary N) is 2. The summed E-state index contributed by atoms with van der Waals surface area (Å²) in [5, 5.41) is 6.07. The van der Waals surface area contributed by atoms with Crippen LogP contribution in [0.5, 0.6) is 5.75 Å². The van der Waals surface area contributed by atoms with E-state index in [4.69, 9.17) is 24.7 Å². The van der Waals surface area contributed by atoms with Gasteiger partial charge in [-0.25, -0.2) is 0 Å². The lowest BCUT2D eigenvalue weighted by molar-refractivity contribution is -0.123. The molecule has 3 rings (SSSR count). The highest BCUT2D eigenvalue weighted by molar-refractivity contribution is 5.96. The van der Waals surface area contributed by atoms with Crippen LogP contribution in [0.3, 0.4) is 0 Å². The molecule has 0 bridgehead atoms. The van der Waals surface area contributed by atoms with Crippen molar-refractivity contribution in [3.05, 3.63) is 36.0 Å². The predicted octanol–water partition coefficient (Wildman–Crippen LogP) is 1.61. The lowest BCUT2D eigenvalue weighted by atomic mass is 10.1. The Balaban J connectivity index is 0.00000118. The molecule has 1 aliphatic heterocycles. The number of fused-ring (bicyclic) bond motifs is 1. The van der Waals surface area contributed by atoms with Crippen LogP contribution in [0.1, 0.15) is 43.5 Å². The maximum atomic E-state index is 11.9. The molecule has 2 aromatic rings. The summed E-state index contributed by atoms with van der Waals surface area (Å²) >= 11 is 0. The quantitative estimate of drug-likeness (QED) is 0.163. The number of hydrogen-bond donors (Lipinski definition) is 3. The van der Waals surface area contributed by atoms with Crippen LogP contribution in [0, 0.1) is 0 Å². The Hall–Kier alpha value is -3.49. The average molecular weight is 622 g/mol. The molecule has 1 aromatic carbocycles. The Morgan fingerprint density at radius 1 is 0.977 bits per heavy atom. The van der Waals surface area contributed by atoms with E-state index >= 15 is 0 Å². The monoisotopic (exact) mass is 621 g/mol. The highest BCUT2D eigenvalue weighted by Crippen LogP contribution is 2.21. The molecule has 13 heteroatoms. The zero-order valence-electron chi connectivity index (χ0n) is 26.7. The van der Waals surface area contributed by atoms with E-state index in [2.05, 4.69) is 27.6 Å². The Kier molecular flexibility index (Phi) is 26.0. The lowest BCUT2D eigenvalue weighted by Gasteiger charge is -2.09. The van der Waals surface area contributed by atoms with Crippen LogP contribution in [-0.2, 0) is 28.6 Å². The van der Waals surface area contributed by atoms with Gasteiger partial charge in [0.05, 0.1) is 51.7 Å². The third kappa shape index (κ3) is 21.2. The van der Waals surface area contributed by atoms with E-state index in [1.54, 1.807) is 37.5 Å². The van der Waals surface area contributed by atoms with Gasteiger partial charge in [0.2, 0.25) is 5.91 Å². The van der Waals surface area contributed by atoms with E-state index in [1.165, 1.54) is 25.9 Å². The van der Waals surface area contributed by atoms with Crippen LogP contribution in [0.25, 0.3) is 10.9 Å². The highest BCUT2D eigenvalue weighted by Gasteiger charge is 2.06. The number of nitrogens with zero attached hydrogens (tertiary/aromatic N) is 2. The standard InChI is InChI=1S/C21H27N3O7.C5H11N.C3H7NO.C2H6/c22-20(26)4-7-28-9-11-30-12-10-29-8-6-24-21(27)15-31-17-1-2-18-16(14-25)3-5-23-19(18)13-17;1-6-4-2-3-5-6;1-4-2-3-5;1-2/h1-3,5,13-14H,4,6-12,15H2,(H2,22,26)(H,24,27);2-5H2,1H3;3-4H,2H2,1H3;1-2H3. The minimum absolute atomic E-state index is 0.141. The van der Waals surface area contributed by atoms with Crippen LogP contribution in [0.2, 0.25) is 0 Å². The molecule has 4 N–H and O–H groups in total. The fraction of sp³-hybridized carbons (Fsp3) is 0.581. The molecule has 248 valence electrons. The molecule has 2 amide bonds. The van der Waals surface area contributed by atoms with Gasteiger partial charge in [0, 0.05) is 36.2 Å². The second kappa shape index (κ2) is 28.3. The Morgan fingerprint density at radius 3 is 2.14 bits per heavy atom. The van der Waals surface area contributed by atoms with Crippen molar-refractivity contribution >= 4 is 35.3 Å². The van der Waals surface area contributed by atoms with Crippen molar-refractivity contribution in [2.24, 2.45) is 5.73 Å². The molecule has 1 fully saturated rings. The molecular formula is C31H51N5O8. The summed E-state index contributed by atoms with van der Waals surface area (Å²) in [6.07, 6.45) is 6.16. The smallest absolute Gasteiger partial charge is 0.258 e. The molecule has 0 spiro atoms. The number of hydrogen-bond acceptors (Lipinski definition) is 11. The van der Waals surface area contributed by atoms with Gasteiger partial charge < -0.3 is 45.0 Å². The first-order valence-electron chi connectivity index (χ1n) is 14.9. The summed E-state index contributed by atoms with van der Waals surface area (Å²) in [7, 11) is 3.90. The molecule has 1 aromatic heterocycles. The summed E-state index contributed by atoms with van der Waals surface area (Å²) in [6, 6.07) is 6.75. The van der Waals surface area contributed by atoms with Crippen molar-refractivity contribution in [3.63, 3.8) is 0 Å². The number of aldehydes is 2. The van der Waals surface area contributed by atoms with Crippen molar-refractivity contribution in [1.82, 2.24) is 20.5 Å². The third-order valence-corrected chi connectivity index (χ3v) is 5.67. The summed E-state index contributed by atoms with van der Waals surface area (Å²) < 4.78 is 21.3. The average Bonchev–Trinajstić information content (AvgIpc) is 3.52. The number of likely N-dealkylation sites (tertiary alicyclic amines) is 1. The molecule has 0 aliphatic carbocycles. The topological polar surface area (TPSA) is 171 Å². The van der Waals surface area contributed by atoms with Crippen molar-refractivity contribution < 1.29 is 38.1 Å². The summed E-state index contributed by atoms with van der Waals surface area (Å²) in [6.45, 7) is 9.51. The molecular weight excluding hydrogens is 570 g/mol. The number of ether oxygens (including phenoxy) is 4. The first-order valence-corrected chi connectivity index (χ1v) is 14.9. The van der Waals surface area contributed by atoms with Gasteiger partial charge >= 0.3 is 0 Å². The van der Waals surface area contributed by atoms with Gasteiger partial charge in [0.15, 0.2) is 12.9 Å². The molecule has 0 radical (unpaired) electrons. The molecule has 44 heavy (non-hydrogen) atoms. The van der Waals surface area contributed by atoms with Gasteiger partial charge in [0.25, 0.3) is 5.91 Å². The number of carbonyl (C=O) groups excluding carboxylic acids is 4. The van der Waals surface area contributed by atoms with E-state index in [9.17, 15) is 19.2 Å². The Bertz CT molecular complexity index is 1050. The van der Waals surface area contributed by atoms with Crippen LogP contribution in [-0.4, -0.2) is 121 Å². The summed E-state index contributed by atoms with van der Waals surface area (Å²) in [4.78, 5) is 49.3. The Labute approximate surface area is 261 Å². The number of pyridine rings is 1. The fourth-order valence-electron chi connectivity index (χ4n) is 3.48. The number of amides is 2. The van der Waals surface area contributed by atoms with Crippen molar-refractivity contribution in [2.45, 2.75) is 33.1 Å². The number of rotatable bonds is 18. The number of carbonyl (C=O) groups is 4.